The summed E-state index contributed by atoms with van der Waals surface area (Å²) in [6.07, 6.45) is 4.07. The Morgan fingerprint density at radius 1 is 1.00 bits per heavy atom. The fraction of sp³-hybridized carbons (Fsp3) is 0.176. The van der Waals surface area contributed by atoms with Crippen LogP contribution in [0.25, 0.3) is 0 Å². The van der Waals surface area contributed by atoms with Crippen molar-refractivity contribution in [2.24, 2.45) is 5.73 Å². The predicted molar refractivity (Wildman–Crippen MR) is 85.5 cm³/mol. The molecule has 23 heavy (non-hydrogen) atoms. The smallest absolute Gasteiger partial charge is 0.213 e. The molecule has 0 saturated carbocycles. The third-order valence-corrected chi connectivity index (χ3v) is 3.28. The Labute approximate surface area is 134 Å². The van der Waals surface area contributed by atoms with Gasteiger partial charge in [0.05, 0.1) is 0 Å². The highest BCUT2D eigenvalue weighted by Gasteiger charge is 2.18. The van der Waals surface area contributed by atoms with Gasteiger partial charge in [0.15, 0.2) is 0 Å². The van der Waals surface area contributed by atoms with Crippen LogP contribution in [0.4, 0.5) is 0 Å². The van der Waals surface area contributed by atoms with Crippen LogP contribution in [-0.4, -0.2) is 21.4 Å². The standard InChI is InChI=1S/C17H18N4O2/c18-17(21-12-6-11-20-21)23-15(14-7-2-1-3-8-14)13-22-16-9-4-5-10-19-16/h1-12,15,17H,13,18H2. The van der Waals surface area contributed by atoms with Crippen LogP contribution >= 0.6 is 0 Å². The molecule has 0 amide bonds. The second-order valence-corrected chi connectivity index (χ2v) is 4.89. The molecule has 2 unspecified atom stereocenters. The Bertz CT molecular complexity index is 689. The summed E-state index contributed by atoms with van der Waals surface area (Å²) in [4.78, 5) is 4.15. The number of pyridine rings is 1. The van der Waals surface area contributed by atoms with Gasteiger partial charge in [0, 0.05) is 24.7 Å². The van der Waals surface area contributed by atoms with E-state index in [0.29, 0.717) is 12.5 Å². The molecule has 2 aromatic heterocycles. The summed E-state index contributed by atoms with van der Waals surface area (Å²) in [6.45, 7) is 0.302. The highest BCUT2D eigenvalue weighted by atomic mass is 16.6. The second kappa shape index (κ2) is 7.53. The predicted octanol–water partition coefficient (Wildman–Crippen LogP) is 2.53. The van der Waals surface area contributed by atoms with E-state index < -0.39 is 6.35 Å². The lowest BCUT2D eigenvalue weighted by Crippen LogP contribution is -2.27. The van der Waals surface area contributed by atoms with E-state index in [0.717, 1.165) is 5.56 Å². The number of benzene rings is 1. The zero-order chi connectivity index (χ0) is 15.9. The van der Waals surface area contributed by atoms with E-state index >= 15 is 0 Å². The summed E-state index contributed by atoms with van der Waals surface area (Å²) in [5, 5.41) is 4.09. The van der Waals surface area contributed by atoms with Crippen LogP contribution in [0.1, 0.15) is 18.0 Å². The van der Waals surface area contributed by atoms with Crippen molar-refractivity contribution < 1.29 is 9.47 Å². The van der Waals surface area contributed by atoms with Gasteiger partial charge < -0.3 is 9.47 Å². The zero-order valence-electron chi connectivity index (χ0n) is 12.5. The van der Waals surface area contributed by atoms with Crippen LogP contribution < -0.4 is 10.5 Å². The Morgan fingerprint density at radius 2 is 1.83 bits per heavy atom. The van der Waals surface area contributed by atoms with Gasteiger partial charge in [0.2, 0.25) is 12.2 Å². The molecule has 118 valence electrons. The van der Waals surface area contributed by atoms with Gasteiger partial charge in [-0.25, -0.2) is 9.67 Å². The maximum Gasteiger partial charge on any atom is 0.213 e. The maximum absolute atomic E-state index is 6.05. The van der Waals surface area contributed by atoms with Gasteiger partial charge in [-0.15, -0.1) is 0 Å². The average molecular weight is 310 g/mol. The van der Waals surface area contributed by atoms with Crippen LogP contribution in [0, 0.1) is 0 Å². The Balaban J connectivity index is 1.71. The molecule has 1 aromatic carbocycles. The number of ether oxygens (including phenoxy) is 2. The minimum atomic E-state index is -0.692. The monoisotopic (exact) mass is 310 g/mol. The summed E-state index contributed by atoms with van der Waals surface area (Å²) >= 11 is 0. The SMILES string of the molecule is NC(OC(COc1ccccn1)c1ccccc1)n1cccn1. The van der Waals surface area contributed by atoms with Crippen molar-refractivity contribution in [3.8, 4) is 5.88 Å². The Morgan fingerprint density at radius 3 is 2.52 bits per heavy atom. The average Bonchev–Trinajstić information content (AvgIpc) is 3.15. The van der Waals surface area contributed by atoms with Gasteiger partial charge in [0.1, 0.15) is 12.7 Å². The number of rotatable bonds is 7. The van der Waals surface area contributed by atoms with E-state index in [-0.39, 0.29) is 6.10 Å². The lowest BCUT2D eigenvalue weighted by molar-refractivity contribution is -0.0756. The maximum atomic E-state index is 6.05. The first-order valence-corrected chi connectivity index (χ1v) is 7.32. The van der Waals surface area contributed by atoms with Crippen LogP contribution in [0.15, 0.2) is 73.2 Å². The van der Waals surface area contributed by atoms with Crippen LogP contribution in [0.3, 0.4) is 0 Å². The molecule has 0 bridgehead atoms. The molecule has 3 aromatic rings. The molecule has 2 atom stereocenters. The highest BCUT2D eigenvalue weighted by molar-refractivity contribution is 5.18. The van der Waals surface area contributed by atoms with Crippen molar-refractivity contribution in [2.45, 2.75) is 12.5 Å². The first-order chi connectivity index (χ1) is 11.3. The van der Waals surface area contributed by atoms with Gasteiger partial charge >= 0.3 is 0 Å². The van der Waals surface area contributed by atoms with Crippen LogP contribution in [0.5, 0.6) is 5.88 Å². The number of hydrogen-bond donors (Lipinski definition) is 1. The molecule has 6 nitrogen and oxygen atoms in total. The molecule has 0 aliphatic heterocycles. The zero-order valence-corrected chi connectivity index (χ0v) is 12.5. The number of nitrogens with zero attached hydrogens (tertiary/aromatic N) is 3. The molecular formula is C17H18N4O2. The number of nitrogens with two attached hydrogens (primary N) is 1. The third-order valence-electron chi connectivity index (χ3n) is 3.28. The fourth-order valence-electron chi connectivity index (χ4n) is 2.14. The molecule has 0 saturated heterocycles. The van der Waals surface area contributed by atoms with Gasteiger partial charge in [-0.2, -0.15) is 5.10 Å². The first kappa shape index (κ1) is 15.2. The van der Waals surface area contributed by atoms with E-state index in [1.54, 1.807) is 35.4 Å². The molecule has 0 fully saturated rings. The van der Waals surface area contributed by atoms with Gasteiger partial charge in [-0.05, 0) is 17.7 Å². The topological polar surface area (TPSA) is 75.2 Å². The summed E-state index contributed by atoms with van der Waals surface area (Å²) in [7, 11) is 0. The molecule has 2 heterocycles. The summed E-state index contributed by atoms with van der Waals surface area (Å²) in [6, 6.07) is 17.1. The fourth-order valence-corrected chi connectivity index (χ4v) is 2.14. The Kier molecular flexibility index (Phi) is 4.98. The van der Waals surface area contributed by atoms with Crippen molar-refractivity contribution in [3.05, 3.63) is 78.8 Å². The van der Waals surface area contributed by atoms with Gasteiger partial charge in [-0.3, -0.25) is 5.73 Å². The largest absolute Gasteiger partial charge is 0.475 e. The Hall–Kier alpha value is -2.70. The third kappa shape index (κ3) is 4.15. The second-order valence-electron chi connectivity index (χ2n) is 4.89. The van der Waals surface area contributed by atoms with Crippen LogP contribution in [0.2, 0.25) is 0 Å². The van der Waals surface area contributed by atoms with Crippen molar-refractivity contribution in [2.75, 3.05) is 6.61 Å². The van der Waals surface area contributed by atoms with Crippen molar-refractivity contribution in [1.82, 2.24) is 14.8 Å². The van der Waals surface area contributed by atoms with E-state index in [4.69, 9.17) is 15.2 Å². The molecule has 0 aliphatic rings. The minimum Gasteiger partial charge on any atom is -0.475 e. The summed E-state index contributed by atoms with van der Waals surface area (Å²) in [5.74, 6) is 0.546. The lowest BCUT2D eigenvalue weighted by Gasteiger charge is -2.23. The minimum absolute atomic E-state index is 0.302. The lowest BCUT2D eigenvalue weighted by atomic mass is 10.1. The molecule has 0 aliphatic carbocycles. The van der Waals surface area contributed by atoms with Gasteiger partial charge in [-0.1, -0.05) is 36.4 Å². The van der Waals surface area contributed by atoms with E-state index in [1.165, 1.54) is 0 Å². The molecule has 6 heteroatoms. The van der Waals surface area contributed by atoms with E-state index in [1.807, 2.05) is 42.5 Å². The molecule has 2 N–H and O–H groups in total. The summed E-state index contributed by atoms with van der Waals surface area (Å²) in [5.41, 5.74) is 7.03. The number of hydrogen-bond acceptors (Lipinski definition) is 5. The van der Waals surface area contributed by atoms with Crippen LogP contribution in [-0.2, 0) is 4.74 Å². The number of aromatic nitrogens is 3. The molecule has 3 rings (SSSR count). The van der Waals surface area contributed by atoms with Crippen molar-refractivity contribution in [1.29, 1.82) is 0 Å². The molecule has 0 spiro atoms. The van der Waals surface area contributed by atoms with E-state index in [2.05, 4.69) is 10.1 Å². The van der Waals surface area contributed by atoms with Crippen molar-refractivity contribution in [3.63, 3.8) is 0 Å². The normalized spacial score (nSPS) is 13.4. The molecular weight excluding hydrogens is 292 g/mol. The first-order valence-electron chi connectivity index (χ1n) is 7.32. The summed E-state index contributed by atoms with van der Waals surface area (Å²) < 4.78 is 13.2. The van der Waals surface area contributed by atoms with Crippen molar-refractivity contribution >= 4 is 0 Å². The molecule has 0 radical (unpaired) electrons. The van der Waals surface area contributed by atoms with Gasteiger partial charge in [0.25, 0.3) is 0 Å². The quantitative estimate of drug-likeness (QED) is 0.679. The van der Waals surface area contributed by atoms with E-state index in [9.17, 15) is 0 Å². The highest BCUT2D eigenvalue weighted by Crippen LogP contribution is 2.22.